The molecule has 2 atom stereocenters. The maximum Gasteiger partial charge on any atom is 0.222 e. The van der Waals surface area contributed by atoms with Gasteiger partial charge in [-0.3, -0.25) is 19.6 Å². The second kappa shape index (κ2) is 8.08. The van der Waals surface area contributed by atoms with Crippen molar-refractivity contribution in [1.29, 1.82) is 0 Å². The quantitative estimate of drug-likeness (QED) is 0.833. The molecule has 2 aromatic heterocycles. The molecule has 0 aliphatic carbocycles. The number of hydrogen-bond acceptors (Lipinski definition) is 4. The van der Waals surface area contributed by atoms with Crippen LogP contribution >= 0.6 is 0 Å². The monoisotopic (exact) mass is 352 g/mol. The first kappa shape index (κ1) is 18.0. The zero-order valence-corrected chi connectivity index (χ0v) is 15.2. The molecule has 4 rings (SSSR count). The smallest absolute Gasteiger partial charge is 0.222 e. The summed E-state index contributed by atoms with van der Waals surface area (Å²) in [6.45, 7) is 0. The summed E-state index contributed by atoms with van der Waals surface area (Å²) in [5.41, 5.74) is 2.27. The van der Waals surface area contributed by atoms with Crippen LogP contribution in [0.1, 0.15) is 48.9 Å². The van der Waals surface area contributed by atoms with Crippen LogP contribution in [0, 0.1) is 0 Å². The van der Waals surface area contributed by atoms with Crippen LogP contribution in [-0.2, 0) is 9.59 Å². The van der Waals surface area contributed by atoms with E-state index in [0.29, 0.717) is 12.8 Å². The lowest BCUT2D eigenvalue weighted by Crippen LogP contribution is -2.22. The minimum Gasteiger partial charge on any atom is -0.339 e. The van der Waals surface area contributed by atoms with Crippen molar-refractivity contribution >= 4 is 11.8 Å². The largest absolute Gasteiger partial charge is 0.339 e. The van der Waals surface area contributed by atoms with Gasteiger partial charge in [-0.2, -0.15) is 0 Å². The molecule has 6 nitrogen and oxygen atoms in total. The normalized spacial score (nSPS) is 22.4. The van der Waals surface area contributed by atoms with Crippen LogP contribution in [0.15, 0.2) is 49.1 Å². The first-order valence-electron chi connectivity index (χ1n) is 8.89. The Bertz CT molecular complexity index is 685. The first-order chi connectivity index (χ1) is 12.6. The zero-order valence-electron chi connectivity index (χ0n) is 15.2. The van der Waals surface area contributed by atoms with Crippen LogP contribution in [0.2, 0.25) is 0 Å². The number of aromatic nitrogens is 2. The highest BCUT2D eigenvalue weighted by Crippen LogP contribution is 2.31. The minimum atomic E-state index is 0.230. The van der Waals surface area contributed by atoms with Crippen LogP contribution in [0.3, 0.4) is 0 Å². The van der Waals surface area contributed by atoms with Gasteiger partial charge in [-0.25, -0.2) is 0 Å². The highest BCUT2D eigenvalue weighted by molar-refractivity contribution is 5.79. The molecule has 0 aromatic carbocycles. The number of nitrogens with zero attached hydrogens (tertiary/aromatic N) is 4. The average molecular weight is 352 g/mol. The highest BCUT2D eigenvalue weighted by Gasteiger charge is 2.29. The van der Waals surface area contributed by atoms with Crippen molar-refractivity contribution in [1.82, 2.24) is 19.8 Å². The van der Waals surface area contributed by atoms with Crippen molar-refractivity contribution in [3.8, 4) is 0 Å². The van der Waals surface area contributed by atoms with Gasteiger partial charge < -0.3 is 9.80 Å². The third-order valence-electron chi connectivity index (χ3n) is 5.12. The molecular formula is C20H24N4O2. The molecule has 0 radical (unpaired) electrons. The lowest BCUT2D eigenvalue weighted by atomic mass is 10.1. The third-order valence-corrected chi connectivity index (χ3v) is 5.12. The fourth-order valence-electron chi connectivity index (χ4n) is 3.53. The van der Waals surface area contributed by atoms with Crippen molar-refractivity contribution < 1.29 is 9.59 Å². The van der Waals surface area contributed by atoms with E-state index in [0.717, 1.165) is 24.0 Å². The maximum absolute atomic E-state index is 11.3. The standard InChI is InChI=1S/2C10H12N2O/c2*1-12-9(4-5-10(12)13)8-3-2-6-11-7-8/h2*2-3,6-7,9H,4-5H2,1H3/t2*9-/m00/s1. The van der Waals surface area contributed by atoms with Gasteiger partial charge in [0.15, 0.2) is 0 Å². The summed E-state index contributed by atoms with van der Waals surface area (Å²) >= 11 is 0. The molecule has 4 heterocycles. The molecule has 0 bridgehead atoms. The van der Waals surface area contributed by atoms with Crippen molar-refractivity contribution in [2.75, 3.05) is 14.1 Å². The molecule has 2 fully saturated rings. The number of pyridine rings is 2. The zero-order chi connectivity index (χ0) is 18.5. The molecule has 0 saturated carbocycles. The van der Waals surface area contributed by atoms with Gasteiger partial charge >= 0.3 is 0 Å². The Kier molecular flexibility index (Phi) is 5.61. The molecule has 2 aliphatic heterocycles. The van der Waals surface area contributed by atoms with E-state index in [2.05, 4.69) is 9.97 Å². The fraction of sp³-hybridized carbons (Fsp3) is 0.400. The number of carbonyl (C=O) groups is 2. The Morgan fingerprint density at radius 3 is 1.50 bits per heavy atom. The Hall–Kier alpha value is -2.76. The third kappa shape index (κ3) is 3.90. The second-order valence-electron chi connectivity index (χ2n) is 6.69. The van der Waals surface area contributed by atoms with Crippen LogP contribution < -0.4 is 0 Å². The number of amides is 2. The second-order valence-corrected chi connectivity index (χ2v) is 6.69. The fourth-order valence-corrected chi connectivity index (χ4v) is 3.53. The van der Waals surface area contributed by atoms with Gasteiger partial charge in [0, 0.05) is 51.7 Å². The molecule has 0 unspecified atom stereocenters. The van der Waals surface area contributed by atoms with Crippen LogP contribution in [0.5, 0.6) is 0 Å². The summed E-state index contributed by atoms with van der Waals surface area (Å²) in [5, 5.41) is 0. The van der Waals surface area contributed by atoms with E-state index in [4.69, 9.17) is 0 Å². The summed E-state index contributed by atoms with van der Waals surface area (Å²) in [7, 11) is 3.71. The topological polar surface area (TPSA) is 66.4 Å². The molecule has 0 spiro atoms. The SMILES string of the molecule is CN1C(=O)CC[C@H]1c1cccnc1.CN1C(=O)CC[C@H]1c1cccnc1. The molecule has 2 aromatic rings. The van der Waals surface area contributed by atoms with Gasteiger partial charge in [0.25, 0.3) is 0 Å². The summed E-state index contributed by atoms with van der Waals surface area (Å²) in [4.78, 5) is 34.2. The molecule has 2 amide bonds. The predicted octanol–water partition coefficient (Wildman–Crippen LogP) is 2.75. The summed E-state index contributed by atoms with van der Waals surface area (Å²) in [6.07, 6.45) is 10.3. The number of carbonyl (C=O) groups excluding carboxylic acids is 2. The molecule has 6 heteroatoms. The highest BCUT2D eigenvalue weighted by atomic mass is 16.2. The van der Waals surface area contributed by atoms with Crippen molar-refractivity contribution in [3.63, 3.8) is 0 Å². The Morgan fingerprint density at radius 1 is 0.808 bits per heavy atom. The molecule has 0 N–H and O–H groups in total. The first-order valence-corrected chi connectivity index (χ1v) is 8.89. The molecule has 2 aliphatic rings. The van der Waals surface area contributed by atoms with Gasteiger partial charge in [-0.1, -0.05) is 12.1 Å². The van der Waals surface area contributed by atoms with Gasteiger partial charge in [-0.15, -0.1) is 0 Å². The molecule has 2 saturated heterocycles. The van der Waals surface area contributed by atoms with E-state index in [1.54, 1.807) is 22.2 Å². The lowest BCUT2D eigenvalue weighted by molar-refractivity contribution is -0.128. The maximum atomic E-state index is 11.3. The van der Waals surface area contributed by atoms with Crippen molar-refractivity contribution in [3.05, 3.63) is 60.2 Å². The van der Waals surface area contributed by atoms with E-state index in [1.165, 1.54) is 0 Å². The minimum absolute atomic E-state index is 0.230. The van der Waals surface area contributed by atoms with Crippen LogP contribution in [0.4, 0.5) is 0 Å². The van der Waals surface area contributed by atoms with Crippen LogP contribution in [0.25, 0.3) is 0 Å². The van der Waals surface area contributed by atoms with E-state index < -0.39 is 0 Å². The van der Waals surface area contributed by atoms with Gasteiger partial charge in [0.05, 0.1) is 12.1 Å². The van der Waals surface area contributed by atoms with Crippen molar-refractivity contribution in [2.45, 2.75) is 37.8 Å². The number of likely N-dealkylation sites (tertiary alicyclic amines) is 2. The molecule has 26 heavy (non-hydrogen) atoms. The summed E-state index contributed by atoms with van der Waals surface area (Å²) < 4.78 is 0. The Balaban J connectivity index is 0.000000151. The lowest BCUT2D eigenvalue weighted by Gasteiger charge is -2.19. The Morgan fingerprint density at radius 2 is 1.23 bits per heavy atom. The summed E-state index contributed by atoms with van der Waals surface area (Å²) in [5.74, 6) is 0.461. The van der Waals surface area contributed by atoms with Gasteiger partial charge in [-0.05, 0) is 36.1 Å². The van der Waals surface area contributed by atoms with Crippen molar-refractivity contribution in [2.24, 2.45) is 0 Å². The average Bonchev–Trinajstić information content (AvgIpc) is 3.19. The van der Waals surface area contributed by atoms with E-state index in [1.807, 2.05) is 50.8 Å². The van der Waals surface area contributed by atoms with E-state index in [-0.39, 0.29) is 23.9 Å². The number of hydrogen-bond donors (Lipinski definition) is 0. The summed E-state index contributed by atoms with van der Waals surface area (Å²) in [6, 6.07) is 8.33. The van der Waals surface area contributed by atoms with E-state index in [9.17, 15) is 9.59 Å². The number of rotatable bonds is 2. The van der Waals surface area contributed by atoms with Crippen LogP contribution in [-0.4, -0.2) is 45.7 Å². The Labute approximate surface area is 153 Å². The molecular weight excluding hydrogens is 328 g/mol. The van der Waals surface area contributed by atoms with Gasteiger partial charge in [0.2, 0.25) is 11.8 Å². The van der Waals surface area contributed by atoms with Gasteiger partial charge in [0.1, 0.15) is 0 Å². The molecule has 136 valence electrons. The van der Waals surface area contributed by atoms with E-state index >= 15 is 0 Å². The predicted molar refractivity (Wildman–Crippen MR) is 98.0 cm³/mol.